The van der Waals surface area contributed by atoms with Gasteiger partial charge in [-0.1, -0.05) is 0 Å². The molecule has 1 amide bonds. The van der Waals surface area contributed by atoms with Crippen molar-refractivity contribution in [3.63, 3.8) is 0 Å². The average molecular weight is 178 g/mol. The van der Waals surface area contributed by atoms with Crippen LogP contribution in [0.1, 0.15) is 6.92 Å². The largest absolute Gasteiger partial charge is 0.396 e. The summed E-state index contributed by atoms with van der Waals surface area (Å²) in [5, 5.41) is 8.42. The highest BCUT2D eigenvalue weighted by Gasteiger charge is 2.24. The number of carbonyl (C=O) groups is 1. The third-order valence-corrected chi connectivity index (χ3v) is 2.48. The molecule has 0 bridgehead atoms. The van der Waals surface area contributed by atoms with Crippen molar-refractivity contribution in [1.82, 2.24) is 0 Å². The van der Waals surface area contributed by atoms with E-state index >= 15 is 0 Å². The maximum absolute atomic E-state index is 10.6. The van der Waals surface area contributed by atoms with E-state index in [1.807, 2.05) is 0 Å². The molecule has 11 heavy (non-hydrogen) atoms. The molecule has 5 heteroatoms. The van der Waals surface area contributed by atoms with Gasteiger partial charge < -0.3 is 16.6 Å². The second kappa shape index (κ2) is 4.58. The molecule has 5 N–H and O–H groups in total. The van der Waals surface area contributed by atoms with Crippen LogP contribution in [0, 0.1) is 0 Å². The van der Waals surface area contributed by atoms with Gasteiger partial charge in [-0.15, -0.1) is 0 Å². The molecule has 0 spiro atoms. The highest BCUT2D eigenvalue weighted by molar-refractivity contribution is 7.99. The molecule has 1 unspecified atom stereocenters. The van der Waals surface area contributed by atoms with Crippen LogP contribution < -0.4 is 11.5 Å². The molecule has 66 valence electrons. The molecule has 4 nitrogen and oxygen atoms in total. The average Bonchev–Trinajstić information content (AvgIpc) is 1.88. The van der Waals surface area contributed by atoms with E-state index in [0.717, 1.165) is 0 Å². The lowest BCUT2D eigenvalue weighted by Crippen LogP contribution is -2.51. The predicted octanol–water partition coefficient (Wildman–Crippen LogP) is -1.09. The molecule has 0 aliphatic carbocycles. The SMILES string of the molecule is CC(N)(CSCCO)C(N)=O. The van der Waals surface area contributed by atoms with Gasteiger partial charge in [-0.05, 0) is 6.92 Å². The Kier molecular flexibility index (Phi) is 4.48. The number of hydrogen-bond acceptors (Lipinski definition) is 4. The molecule has 0 aromatic rings. The fourth-order valence-electron chi connectivity index (χ4n) is 0.420. The fourth-order valence-corrected chi connectivity index (χ4v) is 1.26. The second-order valence-corrected chi connectivity index (χ2v) is 3.66. The molecule has 0 saturated carbocycles. The minimum absolute atomic E-state index is 0.0967. The van der Waals surface area contributed by atoms with Crippen LogP contribution in [0.3, 0.4) is 0 Å². The zero-order valence-corrected chi connectivity index (χ0v) is 7.36. The van der Waals surface area contributed by atoms with Crippen LogP contribution in [0.2, 0.25) is 0 Å². The van der Waals surface area contributed by atoms with E-state index in [9.17, 15) is 4.79 Å². The number of aliphatic hydroxyl groups is 1. The monoisotopic (exact) mass is 178 g/mol. The molecule has 1 atom stereocenters. The van der Waals surface area contributed by atoms with E-state index < -0.39 is 11.4 Å². The summed E-state index contributed by atoms with van der Waals surface area (Å²) in [6.07, 6.45) is 0. The number of carbonyl (C=O) groups excluding carboxylic acids is 1. The minimum Gasteiger partial charge on any atom is -0.396 e. The Hall–Kier alpha value is -0.260. The van der Waals surface area contributed by atoms with Crippen molar-refractivity contribution in [1.29, 1.82) is 0 Å². The van der Waals surface area contributed by atoms with Crippen molar-refractivity contribution < 1.29 is 9.90 Å². The predicted molar refractivity (Wildman–Crippen MR) is 46.2 cm³/mol. The number of primary amides is 1. The van der Waals surface area contributed by atoms with Gasteiger partial charge in [0.1, 0.15) is 5.54 Å². The first-order valence-electron chi connectivity index (χ1n) is 3.28. The van der Waals surface area contributed by atoms with Gasteiger partial charge in [-0.2, -0.15) is 11.8 Å². The third kappa shape index (κ3) is 4.23. The Labute approximate surface area is 70.3 Å². The highest BCUT2D eigenvalue weighted by Crippen LogP contribution is 2.08. The lowest BCUT2D eigenvalue weighted by molar-refractivity contribution is -0.121. The molecule has 0 aromatic carbocycles. The van der Waals surface area contributed by atoms with Crippen LogP contribution in [0.15, 0.2) is 0 Å². The van der Waals surface area contributed by atoms with Crippen molar-refractivity contribution in [3.05, 3.63) is 0 Å². The molecule has 0 aliphatic rings. The van der Waals surface area contributed by atoms with Crippen molar-refractivity contribution in [2.75, 3.05) is 18.1 Å². The number of thioether (sulfide) groups is 1. The van der Waals surface area contributed by atoms with Gasteiger partial charge in [0.15, 0.2) is 0 Å². The summed E-state index contributed by atoms with van der Waals surface area (Å²) in [5.41, 5.74) is 9.58. The van der Waals surface area contributed by atoms with Crippen LogP contribution in [0.4, 0.5) is 0 Å². The van der Waals surface area contributed by atoms with Gasteiger partial charge >= 0.3 is 0 Å². The Morgan fingerprint density at radius 2 is 2.27 bits per heavy atom. The maximum atomic E-state index is 10.6. The lowest BCUT2D eigenvalue weighted by Gasteiger charge is -2.19. The number of hydrogen-bond donors (Lipinski definition) is 3. The van der Waals surface area contributed by atoms with Crippen molar-refractivity contribution >= 4 is 17.7 Å². The van der Waals surface area contributed by atoms with E-state index in [0.29, 0.717) is 11.5 Å². The van der Waals surface area contributed by atoms with E-state index in [1.165, 1.54) is 11.8 Å². The van der Waals surface area contributed by atoms with Gasteiger partial charge in [0.25, 0.3) is 0 Å². The minimum atomic E-state index is -0.958. The molecule has 0 radical (unpaired) electrons. The number of nitrogens with two attached hydrogens (primary N) is 2. The molecule has 0 fully saturated rings. The van der Waals surface area contributed by atoms with Gasteiger partial charge in [-0.25, -0.2) is 0 Å². The van der Waals surface area contributed by atoms with Crippen molar-refractivity contribution in [2.24, 2.45) is 11.5 Å². The number of aliphatic hydroxyl groups excluding tert-OH is 1. The standard InChI is InChI=1S/C6H14N2O2S/c1-6(8,5(7)10)4-11-3-2-9/h9H,2-4,8H2,1H3,(H2,7,10). The third-order valence-electron chi connectivity index (χ3n) is 1.20. The first kappa shape index (κ1) is 10.7. The van der Waals surface area contributed by atoms with Crippen LogP contribution in [0.25, 0.3) is 0 Å². The Balaban J connectivity index is 3.64. The quantitative estimate of drug-likeness (QED) is 0.467. The Morgan fingerprint density at radius 1 is 1.73 bits per heavy atom. The molecule has 0 aliphatic heterocycles. The highest BCUT2D eigenvalue weighted by atomic mass is 32.2. The summed E-state index contributed by atoms with van der Waals surface area (Å²) in [7, 11) is 0. The van der Waals surface area contributed by atoms with Gasteiger partial charge in [0, 0.05) is 11.5 Å². The van der Waals surface area contributed by atoms with E-state index in [1.54, 1.807) is 6.92 Å². The van der Waals surface area contributed by atoms with Gasteiger partial charge in [0.2, 0.25) is 5.91 Å². The molecule has 0 heterocycles. The Bertz CT molecular complexity index is 139. The summed E-state index contributed by atoms with van der Waals surface area (Å²) >= 11 is 1.41. The molecular weight excluding hydrogens is 164 g/mol. The summed E-state index contributed by atoms with van der Waals surface area (Å²) in [5.74, 6) is 0.520. The van der Waals surface area contributed by atoms with E-state index in [4.69, 9.17) is 16.6 Å². The molecule has 0 rings (SSSR count). The fraction of sp³-hybridized carbons (Fsp3) is 0.833. The maximum Gasteiger partial charge on any atom is 0.238 e. The summed E-state index contributed by atoms with van der Waals surface area (Å²) in [4.78, 5) is 10.6. The Morgan fingerprint density at radius 3 is 2.64 bits per heavy atom. The van der Waals surface area contributed by atoms with Crippen LogP contribution in [-0.2, 0) is 4.79 Å². The molecule has 0 aromatic heterocycles. The van der Waals surface area contributed by atoms with Crippen molar-refractivity contribution in [2.45, 2.75) is 12.5 Å². The van der Waals surface area contributed by atoms with Crippen molar-refractivity contribution in [3.8, 4) is 0 Å². The topological polar surface area (TPSA) is 89.3 Å². The molecule has 0 saturated heterocycles. The summed E-state index contributed by atoms with van der Waals surface area (Å²) < 4.78 is 0. The number of amides is 1. The summed E-state index contributed by atoms with van der Waals surface area (Å²) in [6.45, 7) is 1.68. The van der Waals surface area contributed by atoms with E-state index in [-0.39, 0.29) is 6.61 Å². The lowest BCUT2D eigenvalue weighted by atomic mass is 10.1. The zero-order chi connectivity index (χ0) is 8.91. The van der Waals surface area contributed by atoms with Crippen LogP contribution >= 0.6 is 11.8 Å². The van der Waals surface area contributed by atoms with Crippen LogP contribution in [0.5, 0.6) is 0 Å². The normalized spacial score (nSPS) is 15.9. The van der Waals surface area contributed by atoms with E-state index in [2.05, 4.69) is 0 Å². The zero-order valence-electron chi connectivity index (χ0n) is 6.54. The smallest absolute Gasteiger partial charge is 0.238 e. The molecular formula is C6H14N2O2S. The van der Waals surface area contributed by atoms with Gasteiger partial charge in [0.05, 0.1) is 6.61 Å². The van der Waals surface area contributed by atoms with Gasteiger partial charge in [-0.3, -0.25) is 4.79 Å². The first-order chi connectivity index (χ1) is 5.00. The number of rotatable bonds is 5. The summed E-state index contributed by atoms with van der Waals surface area (Å²) in [6, 6.07) is 0. The van der Waals surface area contributed by atoms with Crippen LogP contribution in [-0.4, -0.2) is 34.7 Å². The first-order valence-corrected chi connectivity index (χ1v) is 4.43. The second-order valence-electron chi connectivity index (χ2n) is 2.56.